The molecular formula is C19H18N4OS. The molecule has 4 rings (SSSR count). The van der Waals surface area contributed by atoms with Crippen LogP contribution in [0.3, 0.4) is 0 Å². The number of carbonyl (C=O) groups excluding carboxylic acids is 1. The van der Waals surface area contributed by atoms with Crippen molar-refractivity contribution in [1.29, 1.82) is 0 Å². The van der Waals surface area contributed by atoms with E-state index in [1.807, 2.05) is 64.3 Å². The summed E-state index contributed by atoms with van der Waals surface area (Å²) in [4.78, 5) is 14.2. The zero-order valence-corrected chi connectivity index (χ0v) is 14.5. The maximum atomic E-state index is 12.3. The average molecular weight is 350 g/mol. The molecule has 0 spiro atoms. The first-order valence-electron chi connectivity index (χ1n) is 8.18. The van der Waals surface area contributed by atoms with Gasteiger partial charge in [-0.05, 0) is 11.1 Å². The third-order valence-corrected chi connectivity index (χ3v) is 5.39. The van der Waals surface area contributed by atoms with Crippen molar-refractivity contribution in [2.24, 2.45) is 0 Å². The van der Waals surface area contributed by atoms with Crippen LogP contribution in [0.1, 0.15) is 22.2 Å². The van der Waals surface area contributed by atoms with Crippen LogP contribution in [0, 0.1) is 0 Å². The fourth-order valence-electron chi connectivity index (χ4n) is 2.92. The normalized spacial score (nSPS) is 17.2. The Morgan fingerprint density at radius 3 is 2.28 bits per heavy atom. The Balaban J connectivity index is 1.51. The second-order valence-electron chi connectivity index (χ2n) is 6.00. The summed E-state index contributed by atoms with van der Waals surface area (Å²) < 4.78 is 1.83. The average Bonchev–Trinajstić information content (AvgIpc) is 3.24. The zero-order chi connectivity index (χ0) is 17.1. The number of carbonyl (C=O) groups is 1. The van der Waals surface area contributed by atoms with Crippen molar-refractivity contribution in [3.05, 3.63) is 83.7 Å². The molecule has 1 aliphatic heterocycles. The van der Waals surface area contributed by atoms with Crippen molar-refractivity contribution in [1.82, 2.24) is 19.9 Å². The Kier molecular flexibility index (Phi) is 4.52. The van der Waals surface area contributed by atoms with Crippen molar-refractivity contribution in [3.8, 4) is 0 Å². The summed E-state index contributed by atoms with van der Waals surface area (Å²) in [7, 11) is 0. The molecule has 1 aromatic heterocycles. The van der Waals surface area contributed by atoms with Gasteiger partial charge >= 0.3 is 0 Å². The van der Waals surface area contributed by atoms with Gasteiger partial charge in [0.2, 0.25) is 5.91 Å². The highest BCUT2D eigenvalue weighted by atomic mass is 32.2. The van der Waals surface area contributed by atoms with Crippen LogP contribution < -0.4 is 0 Å². The van der Waals surface area contributed by atoms with Gasteiger partial charge in [-0.2, -0.15) is 0 Å². The van der Waals surface area contributed by atoms with Crippen LogP contribution in [0.5, 0.6) is 0 Å². The number of hydrogen-bond acceptors (Lipinski definition) is 4. The van der Waals surface area contributed by atoms with E-state index in [0.29, 0.717) is 18.8 Å². The molecule has 3 aromatic rings. The van der Waals surface area contributed by atoms with E-state index in [-0.39, 0.29) is 11.3 Å². The van der Waals surface area contributed by atoms with Gasteiger partial charge in [0.1, 0.15) is 11.1 Å². The van der Waals surface area contributed by atoms with Gasteiger partial charge in [0.15, 0.2) is 0 Å². The van der Waals surface area contributed by atoms with Gasteiger partial charge in [-0.25, -0.2) is 4.68 Å². The van der Waals surface area contributed by atoms with Crippen molar-refractivity contribution >= 4 is 17.7 Å². The Labute approximate surface area is 150 Å². The molecule has 1 fully saturated rings. The summed E-state index contributed by atoms with van der Waals surface area (Å²) in [6.07, 6.45) is 1.95. The van der Waals surface area contributed by atoms with Crippen molar-refractivity contribution in [2.45, 2.75) is 18.5 Å². The molecule has 25 heavy (non-hydrogen) atoms. The third kappa shape index (κ3) is 3.58. The number of amides is 1. The molecule has 0 radical (unpaired) electrons. The van der Waals surface area contributed by atoms with E-state index in [1.165, 1.54) is 5.56 Å². The van der Waals surface area contributed by atoms with Crippen LogP contribution in [-0.2, 0) is 17.9 Å². The molecule has 0 aliphatic carbocycles. The van der Waals surface area contributed by atoms with Gasteiger partial charge in [0, 0.05) is 6.54 Å². The molecule has 1 amide bonds. The number of aromatic nitrogens is 3. The fourth-order valence-corrected chi connectivity index (χ4v) is 4.04. The van der Waals surface area contributed by atoms with E-state index in [0.717, 1.165) is 11.3 Å². The molecule has 1 unspecified atom stereocenters. The lowest BCUT2D eigenvalue weighted by atomic mass is 10.2. The Morgan fingerprint density at radius 2 is 1.60 bits per heavy atom. The highest BCUT2D eigenvalue weighted by Crippen LogP contribution is 2.38. The summed E-state index contributed by atoms with van der Waals surface area (Å²) in [5.74, 6) is 0.639. The van der Waals surface area contributed by atoms with E-state index in [2.05, 4.69) is 22.4 Å². The smallest absolute Gasteiger partial charge is 0.234 e. The van der Waals surface area contributed by atoms with E-state index in [4.69, 9.17) is 0 Å². The van der Waals surface area contributed by atoms with Crippen LogP contribution in [-0.4, -0.2) is 31.6 Å². The minimum atomic E-state index is -0.0720. The molecule has 1 atom stereocenters. The Hall–Kier alpha value is -2.60. The maximum absolute atomic E-state index is 12.3. The molecule has 2 aromatic carbocycles. The van der Waals surface area contributed by atoms with E-state index < -0.39 is 0 Å². The van der Waals surface area contributed by atoms with E-state index in [1.54, 1.807) is 11.8 Å². The number of thioether (sulfide) groups is 1. The fraction of sp³-hybridized carbons (Fsp3) is 0.211. The van der Waals surface area contributed by atoms with E-state index in [9.17, 15) is 4.79 Å². The minimum Gasteiger partial charge on any atom is -0.320 e. The molecule has 1 aliphatic rings. The molecule has 5 nitrogen and oxygen atoms in total. The van der Waals surface area contributed by atoms with Crippen LogP contribution in [0.25, 0.3) is 0 Å². The topological polar surface area (TPSA) is 51.0 Å². The number of rotatable bonds is 5. The Morgan fingerprint density at radius 1 is 0.960 bits per heavy atom. The van der Waals surface area contributed by atoms with Crippen LogP contribution >= 0.6 is 11.8 Å². The molecule has 0 saturated carbocycles. The molecular weight excluding hydrogens is 332 g/mol. The quantitative estimate of drug-likeness (QED) is 0.709. The van der Waals surface area contributed by atoms with Gasteiger partial charge in [-0.15, -0.1) is 16.9 Å². The largest absolute Gasteiger partial charge is 0.320 e. The predicted molar refractivity (Wildman–Crippen MR) is 97.8 cm³/mol. The molecule has 1 saturated heterocycles. The lowest BCUT2D eigenvalue weighted by molar-refractivity contribution is -0.128. The van der Waals surface area contributed by atoms with Gasteiger partial charge in [0.05, 0.1) is 18.5 Å². The maximum Gasteiger partial charge on any atom is 0.234 e. The molecule has 6 heteroatoms. The summed E-state index contributed by atoms with van der Waals surface area (Å²) in [5, 5.41) is 8.48. The van der Waals surface area contributed by atoms with Crippen LogP contribution in [0.2, 0.25) is 0 Å². The predicted octanol–water partition coefficient (Wildman–Crippen LogP) is 3.10. The highest BCUT2D eigenvalue weighted by molar-refractivity contribution is 8.00. The van der Waals surface area contributed by atoms with Gasteiger partial charge in [0.25, 0.3) is 0 Å². The van der Waals surface area contributed by atoms with Gasteiger partial charge < -0.3 is 4.90 Å². The highest BCUT2D eigenvalue weighted by Gasteiger charge is 2.34. The standard InChI is InChI=1S/C19H18N4OS/c24-18-14-25-19(23(18)12-16-9-5-2-6-10-16)17-13-22(21-20-17)11-15-7-3-1-4-8-15/h1-10,13,19H,11-12,14H2. The third-order valence-electron chi connectivity index (χ3n) is 4.16. The SMILES string of the molecule is O=C1CSC(c2cn(Cc3ccccc3)nn2)N1Cc1ccccc1. The van der Waals surface area contributed by atoms with Crippen molar-refractivity contribution in [2.75, 3.05) is 5.75 Å². The molecule has 0 bridgehead atoms. The first-order chi connectivity index (χ1) is 12.3. The van der Waals surface area contributed by atoms with Crippen molar-refractivity contribution < 1.29 is 4.79 Å². The molecule has 126 valence electrons. The van der Waals surface area contributed by atoms with Gasteiger partial charge in [-0.3, -0.25) is 4.79 Å². The second-order valence-corrected chi connectivity index (χ2v) is 7.07. The lowest BCUT2D eigenvalue weighted by Crippen LogP contribution is -2.27. The summed E-state index contributed by atoms with van der Waals surface area (Å²) >= 11 is 1.61. The summed E-state index contributed by atoms with van der Waals surface area (Å²) in [6.45, 7) is 1.28. The van der Waals surface area contributed by atoms with Crippen LogP contribution in [0.4, 0.5) is 0 Å². The number of hydrogen-bond donors (Lipinski definition) is 0. The molecule has 0 N–H and O–H groups in total. The monoisotopic (exact) mass is 350 g/mol. The first kappa shape index (κ1) is 15.9. The lowest BCUT2D eigenvalue weighted by Gasteiger charge is -2.22. The summed E-state index contributed by atoms with van der Waals surface area (Å²) in [6, 6.07) is 20.2. The number of nitrogens with zero attached hydrogens (tertiary/aromatic N) is 4. The van der Waals surface area contributed by atoms with E-state index >= 15 is 0 Å². The second kappa shape index (κ2) is 7.11. The minimum absolute atomic E-state index is 0.0720. The summed E-state index contributed by atoms with van der Waals surface area (Å²) in [5.41, 5.74) is 3.14. The Bertz CT molecular complexity index is 850. The van der Waals surface area contributed by atoms with Gasteiger partial charge in [-0.1, -0.05) is 65.9 Å². The van der Waals surface area contributed by atoms with Crippen LogP contribution in [0.15, 0.2) is 66.9 Å². The number of benzene rings is 2. The van der Waals surface area contributed by atoms with Crippen molar-refractivity contribution in [3.63, 3.8) is 0 Å². The molecule has 2 heterocycles. The zero-order valence-electron chi connectivity index (χ0n) is 13.7. The first-order valence-corrected chi connectivity index (χ1v) is 9.23.